The van der Waals surface area contributed by atoms with E-state index in [-0.39, 0.29) is 10.8 Å². The number of aryl methyl sites for hydroxylation is 1. The van der Waals surface area contributed by atoms with Crippen LogP contribution in [-0.2, 0) is 11.8 Å². The summed E-state index contributed by atoms with van der Waals surface area (Å²) >= 11 is 8.39. The molecule has 0 nitrogen and oxygen atoms in total. The van der Waals surface area contributed by atoms with Crippen LogP contribution in [0, 0.1) is 0 Å². The number of halogens is 1. The number of thiophene rings is 1. The number of benzene rings is 1. The van der Waals surface area contributed by atoms with Crippen molar-refractivity contribution in [3.8, 4) is 0 Å². The maximum absolute atomic E-state index is 6.63. The predicted molar refractivity (Wildman–Crippen MR) is 86.5 cm³/mol. The van der Waals surface area contributed by atoms with E-state index in [1.54, 1.807) is 11.3 Å². The maximum atomic E-state index is 6.63. The van der Waals surface area contributed by atoms with Crippen LogP contribution < -0.4 is 0 Å². The van der Waals surface area contributed by atoms with Crippen LogP contribution in [0.5, 0.6) is 0 Å². The summed E-state index contributed by atoms with van der Waals surface area (Å²) < 4.78 is 0. The van der Waals surface area contributed by atoms with Gasteiger partial charge in [-0.15, -0.1) is 22.9 Å². The van der Waals surface area contributed by atoms with Crippen LogP contribution in [0.3, 0.4) is 0 Å². The van der Waals surface area contributed by atoms with Gasteiger partial charge in [-0.3, -0.25) is 0 Å². The van der Waals surface area contributed by atoms with Crippen molar-refractivity contribution >= 4 is 22.9 Å². The van der Waals surface area contributed by atoms with Gasteiger partial charge in [0.25, 0.3) is 0 Å². The molecule has 2 rings (SSSR count). The van der Waals surface area contributed by atoms with Crippen molar-refractivity contribution in [1.82, 2.24) is 0 Å². The third-order valence-corrected chi connectivity index (χ3v) is 5.08. The first-order valence-electron chi connectivity index (χ1n) is 6.74. The van der Waals surface area contributed by atoms with Gasteiger partial charge < -0.3 is 0 Å². The van der Waals surface area contributed by atoms with E-state index in [1.807, 2.05) is 0 Å². The van der Waals surface area contributed by atoms with E-state index >= 15 is 0 Å². The summed E-state index contributed by atoms with van der Waals surface area (Å²) in [6, 6.07) is 10.9. The fraction of sp³-hybridized carbons (Fsp3) is 0.412. The van der Waals surface area contributed by atoms with Crippen molar-refractivity contribution in [1.29, 1.82) is 0 Å². The zero-order chi connectivity index (χ0) is 14.0. The second kappa shape index (κ2) is 5.68. The van der Waals surface area contributed by atoms with Gasteiger partial charge in [0.15, 0.2) is 0 Å². The maximum Gasteiger partial charge on any atom is 0.0930 e. The van der Waals surface area contributed by atoms with Crippen molar-refractivity contribution < 1.29 is 0 Å². The SMILES string of the molecule is CCc1ccsc1C(Cl)c1ccc(C(C)(C)C)cc1. The third-order valence-electron chi connectivity index (χ3n) is 3.46. The lowest BCUT2D eigenvalue weighted by Gasteiger charge is -2.20. The molecular weight excluding hydrogens is 272 g/mol. The largest absolute Gasteiger partial charge is 0.147 e. The molecular formula is C17H21ClS. The second-order valence-corrected chi connectivity index (χ2v) is 7.28. The highest BCUT2D eigenvalue weighted by Crippen LogP contribution is 2.36. The van der Waals surface area contributed by atoms with E-state index in [4.69, 9.17) is 11.6 Å². The van der Waals surface area contributed by atoms with Gasteiger partial charge in [0.05, 0.1) is 5.38 Å². The Morgan fingerprint density at radius 3 is 2.26 bits per heavy atom. The van der Waals surface area contributed by atoms with E-state index < -0.39 is 0 Å². The molecule has 0 radical (unpaired) electrons. The number of hydrogen-bond acceptors (Lipinski definition) is 1. The number of alkyl halides is 1. The van der Waals surface area contributed by atoms with Gasteiger partial charge in [-0.05, 0) is 40.0 Å². The first kappa shape index (κ1) is 14.6. The second-order valence-electron chi connectivity index (χ2n) is 5.90. The minimum absolute atomic E-state index is 0.0241. The molecule has 102 valence electrons. The molecule has 0 saturated carbocycles. The van der Waals surface area contributed by atoms with E-state index in [2.05, 4.69) is 63.4 Å². The summed E-state index contributed by atoms with van der Waals surface area (Å²) in [5.74, 6) is 0. The molecule has 1 aromatic heterocycles. The van der Waals surface area contributed by atoms with E-state index in [1.165, 1.54) is 21.6 Å². The molecule has 0 aliphatic carbocycles. The van der Waals surface area contributed by atoms with Gasteiger partial charge in [-0.2, -0.15) is 0 Å². The molecule has 0 amide bonds. The fourth-order valence-electron chi connectivity index (χ4n) is 2.17. The first-order chi connectivity index (χ1) is 8.93. The highest BCUT2D eigenvalue weighted by Gasteiger charge is 2.17. The van der Waals surface area contributed by atoms with Crippen LogP contribution >= 0.6 is 22.9 Å². The van der Waals surface area contributed by atoms with Crippen LogP contribution in [0.4, 0.5) is 0 Å². The molecule has 0 N–H and O–H groups in total. The van der Waals surface area contributed by atoms with Crippen molar-refractivity contribution in [2.75, 3.05) is 0 Å². The van der Waals surface area contributed by atoms with Gasteiger partial charge >= 0.3 is 0 Å². The van der Waals surface area contributed by atoms with Crippen molar-refractivity contribution in [3.63, 3.8) is 0 Å². The van der Waals surface area contributed by atoms with E-state index in [9.17, 15) is 0 Å². The van der Waals surface area contributed by atoms with Gasteiger partial charge in [0, 0.05) is 4.88 Å². The van der Waals surface area contributed by atoms with Gasteiger partial charge in [0.1, 0.15) is 0 Å². The van der Waals surface area contributed by atoms with Gasteiger partial charge in [-0.25, -0.2) is 0 Å². The summed E-state index contributed by atoms with van der Waals surface area (Å²) in [5.41, 5.74) is 4.09. The minimum Gasteiger partial charge on any atom is -0.147 e. The van der Waals surface area contributed by atoms with Crippen molar-refractivity contribution in [3.05, 3.63) is 57.3 Å². The molecule has 19 heavy (non-hydrogen) atoms. The first-order valence-corrected chi connectivity index (χ1v) is 8.06. The standard InChI is InChI=1S/C17H21ClS/c1-5-12-10-11-19-16(12)15(18)13-6-8-14(9-7-13)17(2,3)4/h6-11,15H,5H2,1-4H3. The fourth-order valence-corrected chi connectivity index (χ4v) is 3.60. The Labute approximate surface area is 125 Å². The van der Waals surface area contributed by atoms with Gasteiger partial charge in [0.2, 0.25) is 0 Å². The van der Waals surface area contributed by atoms with Crippen molar-refractivity contribution in [2.45, 2.75) is 44.9 Å². The predicted octanol–water partition coefficient (Wildman–Crippen LogP) is 5.94. The lowest BCUT2D eigenvalue weighted by molar-refractivity contribution is 0.590. The van der Waals surface area contributed by atoms with Crippen LogP contribution in [0.25, 0.3) is 0 Å². The average molecular weight is 293 g/mol. The normalized spacial score (nSPS) is 13.5. The number of hydrogen-bond donors (Lipinski definition) is 0. The van der Waals surface area contributed by atoms with Crippen LogP contribution in [0.2, 0.25) is 0 Å². The smallest absolute Gasteiger partial charge is 0.0930 e. The van der Waals surface area contributed by atoms with Crippen LogP contribution in [0.15, 0.2) is 35.7 Å². The molecule has 0 bridgehead atoms. The number of rotatable bonds is 3. The Hall–Kier alpha value is -0.790. The summed E-state index contributed by atoms with van der Waals surface area (Å²) in [4.78, 5) is 1.28. The Bertz CT molecular complexity index is 531. The van der Waals surface area contributed by atoms with Gasteiger partial charge in [-0.1, -0.05) is 52.0 Å². The van der Waals surface area contributed by atoms with Crippen LogP contribution in [-0.4, -0.2) is 0 Å². The molecule has 1 heterocycles. The average Bonchev–Trinajstić information content (AvgIpc) is 2.85. The summed E-state index contributed by atoms with van der Waals surface area (Å²) in [7, 11) is 0. The molecule has 0 aliphatic heterocycles. The monoisotopic (exact) mass is 292 g/mol. The molecule has 0 fully saturated rings. The minimum atomic E-state index is -0.0241. The lowest BCUT2D eigenvalue weighted by Crippen LogP contribution is -2.10. The summed E-state index contributed by atoms with van der Waals surface area (Å²) in [6.07, 6.45) is 1.04. The zero-order valence-corrected chi connectivity index (χ0v) is 13.6. The van der Waals surface area contributed by atoms with E-state index in [0.29, 0.717) is 0 Å². The quantitative estimate of drug-likeness (QED) is 0.614. The van der Waals surface area contributed by atoms with Crippen LogP contribution in [0.1, 0.15) is 54.6 Å². The Morgan fingerprint density at radius 1 is 1.11 bits per heavy atom. The Balaban J connectivity index is 2.28. The highest BCUT2D eigenvalue weighted by atomic mass is 35.5. The molecule has 0 aliphatic rings. The molecule has 1 atom stereocenters. The Morgan fingerprint density at radius 2 is 1.74 bits per heavy atom. The van der Waals surface area contributed by atoms with E-state index in [0.717, 1.165) is 6.42 Å². The molecule has 1 unspecified atom stereocenters. The molecule has 0 spiro atoms. The molecule has 0 saturated heterocycles. The highest BCUT2D eigenvalue weighted by molar-refractivity contribution is 7.10. The molecule has 1 aromatic carbocycles. The molecule has 2 heteroatoms. The third kappa shape index (κ3) is 3.21. The molecule has 2 aromatic rings. The summed E-state index contributed by atoms with van der Waals surface area (Å²) in [6.45, 7) is 8.87. The Kier molecular flexibility index (Phi) is 4.37. The summed E-state index contributed by atoms with van der Waals surface area (Å²) in [5, 5.41) is 2.11. The topological polar surface area (TPSA) is 0 Å². The van der Waals surface area contributed by atoms with Crippen molar-refractivity contribution in [2.24, 2.45) is 0 Å². The zero-order valence-electron chi connectivity index (χ0n) is 12.0. The lowest BCUT2D eigenvalue weighted by atomic mass is 9.86.